The molecule has 4 heteroatoms. The zero-order valence-corrected chi connectivity index (χ0v) is 13.0. The first kappa shape index (κ1) is 13.6. The van der Waals surface area contributed by atoms with Crippen LogP contribution in [0.15, 0.2) is 34.7 Å². The lowest BCUT2D eigenvalue weighted by Gasteiger charge is -2.58. The van der Waals surface area contributed by atoms with Gasteiger partial charge < -0.3 is 14.8 Å². The highest BCUT2D eigenvalue weighted by atomic mass is 16.3. The third-order valence-electron chi connectivity index (χ3n) is 6.19. The van der Waals surface area contributed by atoms with Crippen molar-refractivity contribution in [3.8, 4) is 0 Å². The van der Waals surface area contributed by atoms with Crippen LogP contribution in [0.5, 0.6) is 0 Å². The Hall–Kier alpha value is -1.81. The second-order valence-corrected chi connectivity index (χ2v) is 7.84. The number of hydrogen-bond acceptors (Lipinski definition) is 3. The monoisotopic (exact) mass is 311 g/mol. The molecule has 0 radical (unpaired) electrons. The number of para-hydroxylation sites is 1. The molecule has 4 saturated carbocycles. The Kier molecular flexibility index (Phi) is 2.72. The van der Waals surface area contributed by atoms with Gasteiger partial charge in [-0.25, -0.2) is 0 Å². The van der Waals surface area contributed by atoms with Gasteiger partial charge in [-0.1, -0.05) is 18.2 Å². The molecule has 2 N–H and O–H groups in total. The topological polar surface area (TPSA) is 62.5 Å². The van der Waals surface area contributed by atoms with Crippen LogP contribution < -0.4 is 5.32 Å². The summed E-state index contributed by atoms with van der Waals surface area (Å²) in [6.45, 7) is 0. The van der Waals surface area contributed by atoms with E-state index in [1.165, 1.54) is 0 Å². The standard InChI is InChI=1S/C19H21NO3/c21-18(16-7-12-3-1-2-4-15(12)23-16)20-17-13-5-11-6-14(17)10-19(22,8-11)9-13/h1-4,7,11,13-14,17,22H,5-6,8-10H2,(H,20,21)/t11?,13-,14+,17?,19?. The summed E-state index contributed by atoms with van der Waals surface area (Å²) in [5.74, 6) is 1.75. The van der Waals surface area contributed by atoms with Crippen LogP contribution in [0.4, 0.5) is 0 Å². The molecule has 1 aromatic carbocycles. The lowest BCUT2D eigenvalue weighted by Crippen LogP contribution is -2.61. The Morgan fingerprint density at radius 1 is 1.17 bits per heavy atom. The van der Waals surface area contributed by atoms with Crippen LogP contribution >= 0.6 is 0 Å². The van der Waals surface area contributed by atoms with Crippen molar-refractivity contribution in [1.82, 2.24) is 5.32 Å². The first-order chi connectivity index (χ1) is 11.1. The Labute approximate surface area is 134 Å². The molecule has 1 amide bonds. The van der Waals surface area contributed by atoms with Gasteiger partial charge in [0, 0.05) is 11.4 Å². The molecule has 1 heterocycles. The van der Waals surface area contributed by atoms with Crippen molar-refractivity contribution in [2.24, 2.45) is 17.8 Å². The number of fused-ring (bicyclic) bond motifs is 1. The fourth-order valence-corrected chi connectivity index (χ4v) is 5.53. The maximum atomic E-state index is 12.6. The zero-order valence-electron chi connectivity index (χ0n) is 13.0. The van der Waals surface area contributed by atoms with Crippen molar-refractivity contribution in [1.29, 1.82) is 0 Å². The fraction of sp³-hybridized carbons (Fsp3) is 0.526. The van der Waals surface area contributed by atoms with E-state index in [0.717, 1.165) is 43.1 Å². The van der Waals surface area contributed by atoms with Gasteiger partial charge in [-0.15, -0.1) is 0 Å². The number of amides is 1. The van der Waals surface area contributed by atoms with E-state index < -0.39 is 5.60 Å². The molecular weight excluding hydrogens is 290 g/mol. The molecule has 4 bridgehead atoms. The highest BCUT2D eigenvalue weighted by Crippen LogP contribution is 2.55. The van der Waals surface area contributed by atoms with Crippen molar-refractivity contribution in [3.63, 3.8) is 0 Å². The maximum Gasteiger partial charge on any atom is 0.287 e. The van der Waals surface area contributed by atoms with E-state index in [2.05, 4.69) is 5.32 Å². The normalized spacial score (nSPS) is 38.1. The highest BCUT2D eigenvalue weighted by Gasteiger charge is 2.55. The van der Waals surface area contributed by atoms with Crippen LogP contribution in [0.2, 0.25) is 0 Å². The molecule has 23 heavy (non-hydrogen) atoms. The largest absolute Gasteiger partial charge is 0.451 e. The number of furan rings is 1. The molecule has 0 aliphatic heterocycles. The van der Waals surface area contributed by atoms with Crippen molar-refractivity contribution >= 4 is 16.9 Å². The average molecular weight is 311 g/mol. The number of carbonyl (C=O) groups is 1. The van der Waals surface area contributed by atoms with Crippen LogP contribution in [-0.4, -0.2) is 22.7 Å². The molecule has 2 aromatic rings. The molecule has 6 rings (SSSR count). The summed E-state index contributed by atoms with van der Waals surface area (Å²) in [6.07, 6.45) is 4.92. The van der Waals surface area contributed by atoms with E-state index in [-0.39, 0.29) is 11.9 Å². The number of nitrogens with one attached hydrogen (secondary N) is 1. The molecule has 5 atom stereocenters. The number of hydrogen-bond donors (Lipinski definition) is 2. The molecule has 4 fully saturated rings. The minimum absolute atomic E-state index is 0.120. The summed E-state index contributed by atoms with van der Waals surface area (Å²) in [7, 11) is 0. The highest BCUT2D eigenvalue weighted by molar-refractivity contribution is 5.96. The van der Waals surface area contributed by atoms with Crippen molar-refractivity contribution in [3.05, 3.63) is 36.1 Å². The predicted octanol–water partition coefficient (Wildman–Crippen LogP) is 3.10. The average Bonchev–Trinajstić information content (AvgIpc) is 2.93. The predicted molar refractivity (Wildman–Crippen MR) is 86.0 cm³/mol. The second kappa shape index (κ2) is 4.60. The number of aliphatic hydroxyl groups is 1. The third-order valence-corrected chi connectivity index (χ3v) is 6.19. The first-order valence-electron chi connectivity index (χ1n) is 8.61. The molecule has 3 unspecified atom stereocenters. The summed E-state index contributed by atoms with van der Waals surface area (Å²) in [5.41, 5.74) is 0.286. The first-order valence-corrected chi connectivity index (χ1v) is 8.61. The van der Waals surface area contributed by atoms with Crippen LogP contribution in [-0.2, 0) is 0 Å². The van der Waals surface area contributed by atoms with Crippen LogP contribution in [0.3, 0.4) is 0 Å². The Balaban J connectivity index is 1.38. The summed E-state index contributed by atoms with van der Waals surface area (Å²) < 4.78 is 5.68. The summed E-state index contributed by atoms with van der Waals surface area (Å²) in [5, 5.41) is 14.8. The Bertz CT molecular complexity index is 731. The van der Waals surface area contributed by atoms with Crippen molar-refractivity contribution in [2.45, 2.75) is 43.7 Å². The minimum atomic E-state index is -0.461. The van der Waals surface area contributed by atoms with E-state index in [1.54, 1.807) is 0 Å². The minimum Gasteiger partial charge on any atom is -0.451 e. The smallest absolute Gasteiger partial charge is 0.287 e. The van der Waals surface area contributed by atoms with Gasteiger partial charge >= 0.3 is 0 Å². The van der Waals surface area contributed by atoms with Crippen molar-refractivity contribution < 1.29 is 14.3 Å². The van der Waals surface area contributed by atoms with E-state index >= 15 is 0 Å². The second-order valence-electron chi connectivity index (χ2n) is 7.84. The molecular formula is C19H21NO3. The van der Waals surface area contributed by atoms with E-state index in [4.69, 9.17) is 4.42 Å². The van der Waals surface area contributed by atoms with Crippen molar-refractivity contribution in [2.75, 3.05) is 0 Å². The van der Waals surface area contributed by atoms with Gasteiger partial charge in [0.25, 0.3) is 5.91 Å². The van der Waals surface area contributed by atoms with Gasteiger partial charge in [0.1, 0.15) is 5.58 Å². The fourth-order valence-electron chi connectivity index (χ4n) is 5.53. The van der Waals surface area contributed by atoms with E-state index in [1.807, 2.05) is 30.3 Å². The summed E-state index contributed by atoms with van der Waals surface area (Å²) >= 11 is 0. The van der Waals surface area contributed by atoms with E-state index in [9.17, 15) is 9.90 Å². The quantitative estimate of drug-likeness (QED) is 0.896. The number of rotatable bonds is 2. The van der Waals surface area contributed by atoms with Crippen LogP contribution in [0.1, 0.15) is 42.7 Å². The lowest BCUT2D eigenvalue weighted by atomic mass is 9.52. The van der Waals surface area contributed by atoms with Gasteiger partial charge in [-0.05, 0) is 62.0 Å². The van der Waals surface area contributed by atoms with Gasteiger partial charge in [0.15, 0.2) is 5.76 Å². The van der Waals surface area contributed by atoms with Gasteiger partial charge in [0.05, 0.1) is 5.60 Å². The lowest BCUT2D eigenvalue weighted by molar-refractivity contribution is -0.137. The number of carbonyl (C=O) groups excluding carboxylic acids is 1. The Morgan fingerprint density at radius 3 is 2.61 bits per heavy atom. The molecule has 0 spiro atoms. The van der Waals surface area contributed by atoms with E-state index in [0.29, 0.717) is 23.5 Å². The van der Waals surface area contributed by atoms with Crippen LogP contribution in [0, 0.1) is 17.8 Å². The van der Waals surface area contributed by atoms with Gasteiger partial charge in [-0.2, -0.15) is 0 Å². The number of benzene rings is 1. The maximum absolute atomic E-state index is 12.6. The van der Waals surface area contributed by atoms with Gasteiger partial charge in [-0.3, -0.25) is 4.79 Å². The van der Waals surface area contributed by atoms with Crippen LogP contribution in [0.25, 0.3) is 11.0 Å². The SMILES string of the molecule is O=C(NC1[C@@H]2CC3C[C@H]1CC(O)(C3)C2)c1cc2ccccc2o1. The summed E-state index contributed by atoms with van der Waals surface area (Å²) in [4.78, 5) is 12.6. The molecule has 4 aliphatic carbocycles. The zero-order chi connectivity index (χ0) is 15.6. The third kappa shape index (κ3) is 2.12. The summed E-state index contributed by atoms with van der Waals surface area (Å²) in [6, 6.07) is 9.68. The molecule has 4 nitrogen and oxygen atoms in total. The Morgan fingerprint density at radius 2 is 1.91 bits per heavy atom. The molecule has 120 valence electrons. The van der Waals surface area contributed by atoms with Gasteiger partial charge in [0.2, 0.25) is 0 Å². The molecule has 4 aliphatic rings. The molecule has 0 saturated heterocycles. The molecule has 1 aromatic heterocycles.